The molecule has 0 aromatic heterocycles. The minimum Gasteiger partial charge on any atom is -0.395 e. The fourth-order valence-electron chi connectivity index (χ4n) is 2.10. The Hall–Kier alpha value is -0.650. The fraction of sp³-hybridized carbons (Fsp3) is 0.909. The Morgan fingerprint density at radius 2 is 1.75 bits per heavy atom. The SMILES string of the molecule is O=C(CN(CCO)CCO)NC1CCCC1. The van der Waals surface area contributed by atoms with Crippen LogP contribution in [0.15, 0.2) is 0 Å². The molecule has 1 rings (SSSR count). The standard InChI is InChI=1S/C11H22N2O3/c14-7-5-13(6-8-15)9-11(16)12-10-3-1-2-4-10/h10,14-15H,1-9H2,(H,12,16). The number of rotatable bonds is 7. The van der Waals surface area contributed by atoms with Gasteiger partial charge in [0, 0.05) is 19.1 Å². The van der Waals surface area contributed by atoms with Gasteiger partial charge < -0.3 is 15.5 Å². The molecule has 16 heavy (non-hydrogen) atoms. The molecule has 0 atom stereocenters. The zero-order valence-corrected chi connectivity index (χ0v) is 9.69. The fourth-order valence-corrected chi connectivity index (χ4v) is 2.10. The second-order valence-corrected chi connectivity index (χ2v) is 4.27. The van der Waals surface area contributed by atoms with Crippen LogP contribution in [0.1, 0.15) is 25.7 Å². The van der Waals surface area contributed by atoms with Crippen LogP contribution >= 0.6 is 0 Å². The van der Waals surface area contributed by atoms with Gasteiger partial charge in [0.1, 0.15) is 0 Å². The second-order valence-electron chi connectivity index (χ2n) is 4.27. The highest BCUT2D eigenvalue weighted by molar-refractivity contribution is 5.78. The molecule has 1 amide bonds. The average molecular weight is 230 g/mol. The minimum absolute atomic E-state index is 0.00574. The molecule has 0 aromatic carbocycles. The number of nitrogens with one attached hydrogen (secondary N) is 1. The van der Waals surface area contributed by atoms with Gasteiger partial charge in [-0.15, -0.1) is 0 Å². The topological polar surface area (TPSA) is 72.8 Å². The largest absolute Gasteiger partial charge is 0.395 e. The monoisotopic (exact) mass is 230 g/mol. The summed E-state index contributed by atoms with van der Waals surface area (Å²) in [6.07, 6.45) is 4.54. The van der Waals surface area contributed by atoms with Gasteiger partial charge in [0.25, 0.3) is 0 Å². The van der Waals surface area contributed by atoms with Crippen molar-refractivity contribution in [1.82, 2.24) is 10.2 Å². The van der Waals surface area contributed by atoms with Crippen molar-refractivity contribution in [2.75, 3.05) is 32.8 Å². The predicted molar refractivity (Wildman–Crippen MR) is 61.0 cm³/mol. The van der Waals surface area contributed by atoms with Crippen molar-refractivity contribution in [3.8, 4) is 0 Å². The molecule has 0 aromatic rings. The summed E-state index contributed by atoms with van der Waals surface area (Å²) in [5.41, 5.74) is 0. The molecule has 0 saturated heterocycles. The van der Waals surface area contributed by atoms with Gasteiger partial charge in [0.15, 0.2) is 0 Å². The third-order valence-corrected chi connectivity index (χ3v) is 2.92. The van der Waals surface area contributed by atoms with Gasteiger partial charge in [0.2, 0.25) is 5.91 Å². The molecule has 94 valence electrons. The van der Waals surface area contributed by atoms with Crippen LogP contribution < -0.4 is 5.32 Å². The van der Waals surface area contributed by atoms with Crippen LogP contribution in [0.3, 0.4) is 0 Å². The number of carbonyl (C=O) groups is 1. The van der Waals surface area contributed by atoms with Gasteiger partial charge in [0.05, 0.1) is 19.8 Å². The Labute approximate surface area is 96.4 Å². The van der Waals surface area contributed by atoms with Crippen LogP contribution in [-0.4, -0.2) is 59.9 Å². The van der Waals surface area contributed by atoms with E-state index < -0.39 is 0 Å². The van der Waals surface area contributed by atoms with E-state index in [1.165, 1.54) is 12.8 Å². The van der Waals surface area contributed by atoms with E-state index in [9.17, 15) is 4.79 Å². The number of hydrogen-bond donors (Lipinski definition) is 3. The molecule has 0 heterocycles. The first kappa shape index (κ1) is 13.4. The van der Waals surface area contributed by atoms with Crippen molar-refractivity contribution in [1.29, 1.82) is 0 Å². The summed E-state index contributed by atoms with van der Waals surface area (Å²) in [5.74, 6) is -0.00574. The normalized spacial score (nSPS) is 16.9. The molecule has 0 unspecified atom stereocenters. The lowest BCUT2D eigenvalue weighted by Crippen LogP contribution is -2.42. The molecule has 0 spiro atoms. The zero-order valence-electron chi connectivity index (χ0n) is 9.69. The lowest BCUT2D eigenvalue weighted by Gasteiger charge is -2.20. The molecule has 5 nitrogen and oxygen atoms in total. The first-order valence-electron chi connectivity index (χ1n) is 5.99. The lowest BCUT2D eigenvalue weighted by atomic mass is 10.2. The summed E-state index contributed by atoms with van der Waals surface area (Å²) in [4.78, 5) is 13.4. The van der Waals surface area contributed by atoms with E-state index in [1.54, 1.807) is 4.90 Å². The summed E-state index contributed by atoms with van der Waals surface area (Å²) in [6.45, 7) is 1.14. The van der Waals surface area contributed by atoms with E-state index in [4.69, 9.17) is 10.2 Å². The molecular formula is C11H22N2O3. The third-order valence-electron chi connectivity index (χ3n) is 2.92. The highest BCUT2D eigenvalue weighted by atomic mass is 16.3. The quantitative estimate of drug-likeness (QED) is 0.542. The first-order valence-corrected chi connectivity index (χ1v) is 5.99. The van der Waals surface area contributed by atoms with Gasteiger partial charge in [-0.2, -0.15) is 0 Å². The van der Waals surface area contributed by atoms with Gasteiger partial charge in [-0.05, 0) is 12.8 Å². The molecule has 1 saturated carbocycles. The third kappa shape index (κ3) is 4.92. The van der Waals surface area contributed by atoms with Crippen LogP contribution in [-0.2, 0) is 4.79 Å². The van der Waals surface area contributed by atoms with Crippen molar-refractivity contribution >= 4 is 5.91 Å². The Bertz CT molecular complexity index is 199. The lowest BCUT2D eigenvalue weighted by molar-refractivity contribution is -0.123. The summed E-state index contributed by atoms with van der Waals surface area (Å²) in [6, 6.07) is 0.331. The summed E-state index contributed by atoms with van der Waals surface area (Å²) < 4.78 is 0. The van der Waals surface area contributed by atoms with E-state index in [2.05, 4.69) is 5.32 Å². The van der Waals surface area contributed by atoms with Crippen LogP contribution in [0, 0.1) is 0 Å². The zero-order chi connectivity index (χ0) is 11.8. The average Bonchev–Trinajstić information content (AvgIpc) is 2.71. The van der Waals surface area contributed by atoms with Gasteiger partial charge in [-0.1, -0.05) is 12.8 Å². The minimum atomic E-state index is -0.00574. The highest BCUT2D eigenvalue weighted by Crippen LogP contribution is 2.17. The van der Waals surface area contributed by atoms with E-state index in [0.717, 1.165) is 12.8 Å². The molecule has 5 heteroatoms. The smallest absolute Gasteiger partial charge is 0.234 e. The predicted octanol–water partition coefficient (Wildman–Crippen LogP) is -0.668. The van der Waals surface area contributed by atoms with Gasteiger partial charge in [-0.3, -0.25) is 9.69 Å². The number of aliphatic hydroxyl groups is 2. The molecule has 0 aliphatic heterocycles. The van der Waals surface area contributed by atoms with E-state index >= 15 is 0 Å². The van der Waals surface area contributed by atoms with E-state index in [1.807, 2.05) is 0 Å². The van der Waals surface area contributed by atoms with Crippen LogP contribution in [0.5, 0.6) is 0 Å². The summed E-state index contributed by atoms with van der Waals surface area (Å²) in [7, 11) is 0. The van der Waals surface area contributed by atoms with Crippen LogP contribution in [0.25, 0.3) is 0 Å². The Kier molecular flexibility index (Phi) is 6.37. The van der Waals surface area contributed by atoms with Crippen molar-refractivity contribution < 1.29 is 15.0 Å². The van der Waals surface area contributed by atoms with Crippen LogP contribution in [0.4, 0.5) is 0 Å². The van der Waals surface area contributed by atoms with E-state index in [-0.39, 0.29) is 25.7 Å². The first-order chi connectivity index (χ1) is 7.76. The summed E-state index contributed by atoms with van der Waals surface area (Å²) >= 11 is 0. The molecular weight excluding hydrogens is 208 g/mol. The molecule has 0 bridgehead atoms. The van der Waals surface area contributed by atoms with Crippen molar-refractivity contribution in [3.63, 3.8) is 0 Å². The molecule has 0 radical (unpaired) electrons. The van der Waals surface area contributed by atoms with Gasteiger partial charge in [-0.25, -0.2) is 0 Å². The van der Waals surface area contributed by atoms with E-state index in [0.29, 0.717) is 19.1 Å². The molecule has 1 aliphatic carbocycles. The number of carbonyl (C=O) groups excluding carboxylic acids is 1. The van der Waals surface area contributed by atoms with Crippen molar-refractivity contribution in [2.24, 2.45) is 0 Å². The molecule has 1 aliphatic rings. The van der Waals surface area contributed by atoms with Gasteiger partial charge >= 0.3 is 0 Å². The Morgan fingerprint density at radius 1 is 1.19 bits per heavy atom. The maximum absolute atomic E-state index is 11.6. The number of amides is 1. The molecule has 1 fully saturated rings. The maximum Gasteiger partial charge on any atom is 0.234 e. The van der Waals surface area contributed by atoms with Crippen LogP contribution in [0.2, 0.25) is 0 Å². The maximum atomic E-state index is 11.6. The Morgan fingerprint density at radius 3 is 2.25 bits per heavy atom. The van der Waals surface area contributed by atoms with Crippen molar-refractivity contribution in [3.05, 3.63) is 0 Å². The number of hydrogen-bond acceptors (Lipinski definition) is 4. The number of aliphatic hydroxyl groups excluding tert-OH is 2. The van der Waals surface area contributed by atoms with Crippen molar-refractivity contribution in [2.45, 2.75) is 31.7 Å². The number of nitrogens with zero attached hydrogens (tertiary/aromatic N) is 1. The highest BCUT2D eigenvalue weighted by Gasteiger charge is 2.18. The summed E-state index contributed by atoms with van der Waals surface area (Å²) in [5, 5.41) is 20.6. The molecule has 3 N–H and O–H groups in total. The Balaban J connectivity index is 2.23. The second kappa shape index (κ2) is 7.60.